The third-order valence-electron chi connectivity index (χ3n) is 2.90. The Balaban J connectivity index is 2.53. The SMILES string of the molecule is C=CCC(COC)(COC)CC1CC1. The quantitative estimate of drug-likeness (QED) is 0.558. The molecule has 0 aromatic carbocycles. The standard InChI is InChI=1S/C12H22O2/c1-4-7-12(9-13-2,10-14-3)8-11-5-6-11/h4,11H,1,5-10H2,2-3H3. The van der Waals surface area contributed by atoms with Gasteiger partial charge < -0.3 is 9.47 Å². The highest BCUT2D eigenvalue weighted by Crippen LogP contribution is 2.42. The summed E-state index contributed by atoms with van der Waals surface area (Å²) in [6.45, 7) is 5.39. The third kappa shape index (κ3) is 3.43. The Labute approximate surface area is 87.3 Å². The van der Waals surface area contributed by atoms with E-state index in [4.69, 9.17) is 9.47 Å². The molecule has 1 saturated carbocycles. The smallest absolute Gasteiger partial charge is 0.0543 e. The van der Waals surface area contributed by atoms with Gasteiger partial charge in [0, 0.05) is 19.6 Å². The van der Waals surface area contributed by atoms with E-state index in [9.17, 15) is 0 Å². The fraction of sp³-hybridized carbons (Fsp3) is 0.833. The highest BCUT2D eigenvalue weighted by Gasteiger charge is 2.36. The summed E-state index contributed by atoms with van der Waals surface area (Å²) in [6, 6.07) is 0. The first-order valence-corrected chi connectivity index (χ1v) is 5.35. The van der Waals surface area contributed by atoms with Crippen LogP contribution in [0.4, 0.5) is 0 Å². The first-order valence-electron chi connectivity index (χ1n) is 5.35. The van der Waals surface area contributed by atoms with E-state index < -0.39 is 0 Å². The van der Waals surface area contributed by atoms with Crippen LogP contribution in [-0.4, -0.2) is 27.4 Å². The molecule has 0 radical (unpaired) electrons. The molecule has 0 unspecified atom stereocenters. The van der Waals surface area contributed by atoms with E-state index in [-0.39, 0.29) is 5.41 Å². The summed E-state index contributed by atoms with van der Waals surface area (Å²) in [7, 11) is 3.53. The van der Waals surface area contributed by atoms with Crippen molar-refractivity contribution < 1.29 is 9.47 Å². The second-order valence-corrected chi connectivity index (χ2v) is 4.51. The molecular weight excluding hydrogens is 176 g/mol. The van der Waals surface area contributed by atoms with E-state index >= 15 is 0 Å². The molecule has 0 aliphatic heterocycles. The van der Waals surface area contributed by atoms with Crippen LogP contribution in [0.3, 0.4) is 0 Å². The third-order valence-corrected chi connectivity index (χ3v) is 2.90. The van der Waals surface area contributed by atoms with Crippen LogP contribution in [-0.2, 0) is 9.47 Å². The summed E-state index contributed by atoms with van der Waals surface area (Å²) in [5, 5.41) is 0. The van der Waals surface area contributed by atoms with Crippen molar-refractivity contribution in [3.63, 3.8) is 0 Å². The van der Waals surface area contributed by atoms with Gasteiger partial charge in [0.1, 0.15) is 0 Å². The monoisotopic (exact) mass is 198 g/mol. The molecule has 0 heterocycles. The van der Waals surface area contributed by atoms with Crippen molar-refractivity contribution in [2.24, 2.45) is 11.3 Å². The molecule has 82 valence electrons. The van der Waals surface area contributed by atoms with Crippen molar-refractivity contribution >= 4 is 0 Å². The van der Waals surface area contributed by atoms with Crippen LogP contribution < -0.4 is 0 Å². The molecule has 1 fully saturated rings. The van der Waals surface area contributed by atoms with Crippen molar-refractivity contribution in [2.75, 3.05) is 27.4 Å². The maximum absolute atomic E-state index is 5.31. The molecule has 1 rings (SSSR count). The number of hydrogen-bond donors (Lipinski definition) is 0. The molecule has 0 spiro atoms. The van der Waals surface area contributed by atoms with Crippen LogP contribution in [0, 0.1) is 11.3 Å². The number of allylic oxidation sites excluding steroid dienone is 1. The lowest BCUT2D eigenvalue weighted by Gasteiger charge is -2.31. The van der Waals surface area contributed by atoms with Crippen LogP contribution in [0.5, 0.6) is 0 Å². The zero-order valence-electron chi connectivity index (χ0n) is 9.42. The second-order valence-electron chi connectivity index (χ2n) is 4.51. The van der Waals surface area contributed by atoms with E-state index in [1.54, 1.807) is 14.2 Å². The maximum Gasteiger partial charge on any atom is 0.0543 e. The van der Waals surface area contributed by atoms with Gasteiger partial charge >= 0.3 is 0 Å². The van der Waals surface area contributed by atoms with E-state index in [1.165, 1.54) is 19.3 Å². The van der Waals surface area contributed by atoms with Gasteiger partial charge in [-0.1, -0.05) is 18.9 Å². The van der Waals surface area contributed by atoms with Crippen LogP contribution in [0.15, 0.2) is 12.7 Å². The predicted octanol–water partition coefficient (Wildman–Crippen LogP) is 2.64. The van der Waals surface area contributed by atoms with Crippen LogP contribution in [0.1, 0.15) is 25.7 Å². The molecule has 0 aromatic heterocycles. The fourth-order valence-corrected chi connectivity index (χ4v) is 2.21. The maximum atomic E-state index is 5.31. The average molecular weight is 198 g/mol. The van der Waals surface area contributed by atoms with Gasteiger partial charge in [-0.2, -0.15) is 0 Å². The summed E-state index contributed by atoms with van der Waals surface area (Å²) < 4.78 is 10.6. The number of ether oxygens (including phenoxy) is 2. The lowest BCUT2D eigenvalue weighted by atomic mass is 9.81. The molecular formula is C12H22O2. The lowest BCUT2D eigenvalue weighted by Crippen LogP contribution is -2.31. The Morgan fingerprint density at radius 3 is 2.21 bits per heavy atom. The highest BCUT2D eigenvalue weighted by atomic mass is 16.5. The van der Waals surface area contributed by atoms with Gasteiger partial charge in [0.15, 0.2) is 0 Å². The van der Waals surface area contributed by atoms with Gasteiger partial charge in [0.25, 0.3) is 0 Å². The normalized spacial score (nSPS) is 17.0. The number of rotatable bonds is 8. The first-order chi connectivity index (χ1) is 6.76. The minimum absolute atomic E-state index is 0.173. The molecule has 14 heavy (non-hydrogen) atoms. The van der Waals surface area contributed by atoms with Crippen LogP contribution in [0.25, 0.3) is 0 Å². The Morgan fingerprint density at radius 2 is 1.86 bits per heavy atom. The Hall–Kier alpha value is -0.340. The minimum atomic E-state index is 0.173. The lowest BCUT2D eigenvalue weighted by molar-refractivity contribution is 0.00269. The predicted molar refractivity (Wildman–Crippen MR) is 58.3 cm³/mol. The van der Waals surface area contributed by atoms with E-state index in [1.807, 2.05) is 6.08 Å². The highest BCUT2D eigenvalue weighted by molar-refractivity contribution is 4.91. The Bertz CT molecular complexity index is 167. The summed E-state index contributed by atoms with van der Waals surface area (Å²) in [6.07, 6.45) is 6.96. The largest absolute Gasteiger partial charge is 0.384 e. The second kappa shape index (κ2) is 5.52. The summed E-state index contributed by atoms with van der Waals surface area (Å²) >= 11 is 0. The number of methoxy groups -OCH3 is 2. The molecule has 0 aromatic rings. The molecule has 2 nitrogen and oxygen atoms in total. The Kier molecular flexibility index (Phi) is 4.63. The van der Waals surface area contributed by atoms with Crippen molar-refractivity contribution in [1.82, 2.24) is 0 Å². The van der Waals surface area contributed by atoms with Gasteiger partial charge in [-0.15, -0.1) is 6.58 Å². The molecule has 0 N–H and O–H groups in total. The molecule has 0 amide bonds. The zero-order valence-corrected chi connectivity index (χ0v) is 9.42. The summed E-state index contributed by atoms with van der Waals surface area (Å²) in [5.74, 6) is 0.903. The molecule has 2 heteroatoms. The average Bonchev–Trinajstić information content (AvgIpc) is 2.89. The Morgan fingerprint density at radius 1 is 1.29 bits per heavy atom. The molecule has 0 atom stereocenters. The van der Waals surface area contributed by atoms with E-state index in [0.717, 1.165) is 25.6 Å². The van der Waals surface area contributed by atoms with Gasteiger partial charge in [-0.25, -0.2) is 0 Å². The fourth-order valence-electron chi connectivity index (χ4n) is 2.21. The molecule has 0 bridgehead atoms. The summed E-state index contributed by atoms with van der Waals surface area (Å²) in [5.41, 5.74) is 0.173. The van der Waals surface area contributed by atoms with Crippen molar-refractivity contribution in [2.45, 2.75) is 25.7 Å². The molecule has 0 saturated heterocycles. The zero-order chi connectivity index (χ0) is 10.4. The van der Waals surface area contributed by atoms with Gasteiger partial charge in [-0.05, 0) is 18.8 Å². The molecule has 1 aliphatic carbocycles. The summed E-state index contributed by atoms with van der Waals surface area (Å²) in [4.78, 5) is 0. The van der Waals surface area contributed by atoms with Crippen molar-refractivity contribution in [3.05, 3.63) is 12.7 Å². The van der Waals surface area contributed by atoms with Crippen LogP contribution >= 0.6 is 0 Å². The van der Waals surface area contributed by atoms with Gasteiger partial charge in [0.2, 0.25) is 0 Å². The van der Waals surface area contributed by atoms with E-state index in [2.05, 4.69) is 6.58 Å². The van der Waals surface area contributed by atoms with Crippen molar-refractivity contribution in [3.8, 4) is 0 Å². The van der Waals surface area contributed by atoms with Gasteiger partial charge in [-0.3, -0.25) is 0 Å². The van der Waals surface area contributed by atoms with E-state index in [0.29, 0.717) is 0 Å². The van der Waals surface area contributed by atoms with Crippen molar-refractivity contribution in [1.29, 1.82) is 0 Å². The topological polar surface area (TPSA) is 18.5 Å². The molecule has 1 aliphatic rings. The first kappa shape index (κ1) is 11.7. The number of hydrogen-bond acceptors (Lipinski definition) is 2. The minimum Gasteiger partial charge on any atom is -0.384 e. The van der Waals surface area contributed by atoms with Crippen LogP contribution in [0.2, 0.25) is 0 Å². The van der Waals surface area contributed by atoms with Gasteiger partial charge in [0.05, 0.1) is 13.2 Å².